The molecule has 29 heavy (non-hydrogen) atoms. The smallest absolute Gasteiger partial charge is 0.226 e. The van der Waals surface area contributed by atoms with Crippen molar-refractivity contribution < 1.29 is 9.21 Å². The molecule has 2 aromatic heterocycles. The summed E-state index contributed by atoms with van der Waals surface area (Å²) in [5.74, 6) is 1.64. The Morgan fingerprint density at radius 2 is 2.10 bits per heavy atom. The van der Waals surface area contributed by atoms with Crippen LogP contribution >= 0.6 is 11.3 Å². The van der Waals surface area contributed by atoms with Crippen LogP contribution in [0.1, 0.15) is 35.9 Å². The predicted molar refractivity (Wildman–Crippen MR) is 116 cm³/mol. The summed E-state index contributed by atoms with van der Waals surface area (Å²) in [6.45, 7) is 6.78. The van der Waals surface area contributed by atoms with Crippen molar-refractivity contribution in [3.05, 3.63) is 64.4 Å². The first-order chi connectivity index (χ1) is 14.1. The molecule has 1 amide bonds. The van der Waals surface area contributed by atoms with Gasteiger partial charge in [-0.25, -0.2) is 4.98 Å². The molecule has 0 aliphatic carbocycles. The summed E-state index contributed by atoms with van der Waals surface area (Å²) < 4.78 is 5.62. The van der Waals surface area contributed by atoms with Crippen molar-refractivity contribution in [3.8, 4) is 10.8 Å². The topological polar surface area (TPSA) is 58.4 Å². The van der Waals surface area contributed by atoms with Gasteiger partial charge in [0.05, 0.1) is 12.1 Å². The number of benzene rings is 1. The number of aromatic nitrogens is 1. The lowest BCUT2D eigenvalue weighted by atomic mass is 9.98. The summed E-state index contributed by atoms with van der Waals surface area (Å²) in [7, 11) is 0. The van der Waals surface area contributed by atoms with Gasteiger partial charge in [0, 0.05) is 31.1 Å². The van der Waals surface area contributed by atoms with Crippen LogP contribution in [0.2, 0.25) is 0 Å². The van der Waals surface area contributed by atoms with Crippen LogP contribution in [0.15, 0.2) is 46.2 Å². The van der Waals surface area contributed by atoms with Crippen molar-refractivity contribution in [3.63, 3.8) is 0 Å². The van der Waals surface area contributed by atoms with Crippen LogP contribution in [0, 0.1) is 6.92 Å². The van der Waals surface area contributed by atoms with Crippen LogP contribution < -0.4 is 5.32 Å². The minimum absolute atomic E-state index is 0.0216. The predicted octanol–water partition coefficient (Wildman–Crippen LogP) is 4.21. The molecular weight excluding hydrogens is 382 g/mol. The maximum atomic E-state index is 12.5. The summed E-state index contributed by atoms with van der Waals surface area (Å²) >= 11 is 1.51. The summed E-state index contributed by atoms with van der Waals surface area (Å²) in [5, 5.41) is 5.87. The van der Waals surface area contributed by atoms with Gasteiger partial charge in [-0.15, -0.1) is 11.3 Å². The molecule has 0 saturated heterocycles. The zero-order valence-electron chi connectivity index (χ0n) is 17.0. The van der Waals surface area contributed by atoms with Gasteiger partial charge in [-0.2, -0.15) is 0 Å². The molecule has 4 rings (SSSR count). The van der Waals surface area contributed by atoms with Crippen molar-refractivity contribution in [1.82, 2.24) is 15.2 Å². The van der Waals surface area contributed by atoms with E-state index in [0.29, 0.717) is 19.0 Å². The number of nitrogens with one attached hydrogen (secondary N) is 1. The maximum absolute atomic E-state index is 12.5. The van der Waals surface area contributed by atoms with Gasteiger partial charge in [0.25, 0.3) is 0 Å². The van der Waals surface area contributed by atoms with Crippen molar-refractivity contribution in [2.45, 2.75) is 45.7 Å². The molecule has 0 radical (unpaired) electrons. The van der Waals surface area contributed by atoms with Crippen LogP contribution in [0.25, 0.3) is 10.8 Å². The van der Waals surface area contributed by atoms with E-state index >= 15 is 0 Å². The van der Waals surface area contributed by atoms with Gasteiger partial charge in [-0.1, -0.05) is 31.2 Å². The van der Waals surface area contributed by atoms with Crippen molar-refractivity contribution in [2.75, 3.05) is 13.1 Å². The quantitative estimate of drug-likeness (QED) is 0.635. The lowest BCUT2D eigenvalue weighted by Crippen LogP contribution is -2.46. The van der Waals surface area contributed by atoms with Gasteiger partial charge in [0.1, 0.15) is 5.76 Å². The number of aryl methyl sites for hydroxylation is 1. The molecule has 0 saturated carbocycles. The molecule has 1 aromatic carbocycles. The van der Waals surface area contributed by atoms with Gasteiger partial charge in [0.15, 0.2) is 10.8 Å². The molecule has 0 bridgehead atoms. The first-order valence-electron chi connectivity index (χ1n) is 10.2. The van der Waals surface area contributed by atoms with E-state index in [1.165, 1.54) is 22.5 Å². The highest BCUT2D eigenvalue weighted by Gasteiger charge is 2.22. The van der Waals surface area contributed by atoms with Gasteiger partial charge >= 0.3 is 0 Å². The fourth-order valence-electron chi connectivity index (χ4n) is 3.87. The molecule has 1 N–H and O–H groups in total. The van der Waals surface area contributed by atoms with Crippen molar-refractivity contribution >= 4 is 17.2 Å². The Balaban J connectivity index is 1.30. The zero-order chi connectivity index (χ0) is 20.2. The second kappa shape index (κ2) is 8.93. The molecule has 1 aliphatic rings. The van der Waals surface area contributed by atoms with E-state index in [9.17, 15) is 4.79 Å². The minimum atomic E-state index is 0.0216. The number of carbonyl (C=O) groups is 1. The summed E-state index contributed by atoms with van der Waals surface area (Å²) in [6.07, 6.45) is 2.39. The Labute approximate surface area is 175 Å². The van der Waals surface area contributed by atoms with Gasteiger partial charge < -0.3 is 9.73 Å². The average molecular weight is 410 g/mol. The molecule has 3 aromatic rings. The van der Waals surface area contributed by atoms with Crippen LogP contribution in [0.3, 0.4) is 0 Å². The molecule has 152 valence electrons. The molecule has 6 heteroatoms. The van der Waals surface area contributed by atoms with E-state index in [1.54, 1.807) is 0 Å². The number of carbonyl (C=O) groups excluding carboxylic acids is 1. The number of furan rings is 1. The Morgan fingerprint density at radius 1 is 1.28 bits per heavy atom. The van der Waals surface area contributed by atoms with Gasteiger partial charge in [-0.05, 0) is 43.0 Å². The monoisotopic (exact) mass is 409 g/mol. The highest BCUT2D eigenvalue weighted by Crippen LogP contribution is 2.26. The molecule has 1 unspecified atom stereocenters. The van der Waals surface area contributed by atoms with E-state index in [2.05, 4.69) is 46.4 Å². The van der Waals surface area contributed by atoms with E-state index in [-0.39, 0.29) is 5.91 Å². The highest BCUT2D eigenvalue weighted by molar-refractivity contribution is 7.13. The molecule has 0 fully saturated rings. The number of hydrogen-bond acceptors (Lipinski definition) is 5. The van der Waals surface area contributed by atoms with E-state index < -0.39 is 0 Å². The minimum Gasteiger partial charge on any atom is -0.459 e. The number of fused-ring (bicyclic) bond motifs is 1. The third-order valence-electron chi connectivity index (χ3n) is 5.53. The Hall–Kier alpha value is -2.44. The molecular formula is C23H27N3O2S. The fourth-order valence-corrected chi connectivity index (χ4v) is 4.65. The van der Waals surface area contributed by atoms with E-state index in [4.69, 9.17) is 4.42 Å². The number of nitrogens with zero attached hydrogens (tertiary/aromatic N) is 2. The first kappa shape index (κ1) is 19.9. The van der Waals surface area contributed by atoms with E-state index in [0.717, 1.165) is 48.2 Å². The second-order valence-electron chi connectivity index (χ2n) is 7.59. The van der Waals surface area contributed by atoms with Crippen molar-refractivity contribution in [1.29, 1.82) is 0 Å². The summed E-state index contributed by atoms with van der Waals surface area (Å²) in [6, 6.07) is 12.9. The summed E-state index contributed by atoms with van der Waals surface area (Å²) in [5.41, 5.74) is 3.65. The van der Waals surface area contributed by atoms with Crippen LogP contribution in [0.5, 0.6) is 0 Å². The zero-order valence-corrected chi connectivity index (χ0v) is 17.8. The Morgan fingerprint density at radius 3 is 2.86 bits per heavy atom. The van der Waals surface area contributed by atoms with E-state index in [1.807, 2.05) is 24.4 Å². The number of thiazole rings is 1. The lowest BCUT2D eigenvalue weighted by molar-refractivity contribution is -0.120. The standard InChI is InChI=1S/C23H27N3O2S/c1-3-20(26-11-10-17-6-4-5-7-18(17)14-26)13-24-22(27)12-19-15-29-23(25-19)21-9-8-16(2)28-21/h4-9,15,20H,3,10-14H2,1-2H3,(H,24,27). The maximum Gasteiger partial charge on any atom is 0.226 e. The Kier molecular flexibility index (Phi) is 6.11. The average Bonchev–Trinajstić information content (AvgIpc) is 3.37. The SMILES string of the molecule is CCC(CNC(=O)Cc1csc(-c2ccc(C)o2)n1)N1CCc2ccccc2C1. The third-order valence-corrected chi connectivity index (χ3v) is 6.43. The highest BCUT2D eigenvalue weighted by atomic mass is 32.1. The normalized spacial score (nSPS) is 15.1. The van der Waals surface area contributed by atoms with Gasteiger partial charge in [0.2, 0.25) is 5.91 Å². The second-order valence-corrected chi connectivity index (χ2v) is 8.44. The van der Waals surface area contributed by atoms with Crippen LogP contribution in [-0.4, -0.2) is 34.9 Å². The van der Waals surface area contributed by atoms with Crippen LogP contribution in [0.4, 0.5) is 0 Å². The number of rotatable bonds is 7. The Bertz CT molecular complexity index is 978. The molecule has 5 nitrogen and oxygen atoms in total. The fraction of sp³-hybridized carbons (Fsp3) is 0.391. The number of amides is 1. The number of hydrogen-bond donors (Lipinski definition) is 1. The summed E-state index contributed by atoms with van der Waals surface area (Å²) in [4.78, 5) is 19.5. The first-order valence-corrected chi connectivity index (χ1v) is 11.1. The molecule has 1 atom stereocenters. The lowest BCUT2D eigenvalue weighted by Gasteiger charge is -2.35. The van der Waals surface area contributed by atoms with Crippen LogP contribution in [-0.2, 0) is 24.2 Å². The largest absolute Gasteiger partial charge is 0.459 e. The van der Waals surface area contributed by atoms with Gasteiger partial charge in [-0.3, -0.25) is 9.69 Å². The third kappa shape index (κ3) is 4.77. The van der Waals surface area contributed by atoms with Crippen molar-refractivity contribution in [2.24, 2.45) is 0 Å². The molecule has 0 spiro atoms. The molecule has 1 aliphatic heterocycles. The molecule has 3 heterocycles.